The number of allylic oxidation sites excluding steroid dienone is 5. The second-order valence-corrected chi connectivity index (χ2v) is 11.7. The molecule has 1 amide bonds. The molecule has 7 N–H and O–H groups in total. The molecule has 0 spiro atoms. The number of hydrogen-bond acceptors (Lipinski definition) is 9. The van der Waals surface area contributed by atoms with Gasteiger partial charge in [0.15, 0.2) is 6.29 Å². The quantitative estimate of drug-likeness (QED) is 0.0591. The summed E-state index contributed by atoms with van der Waals surface area (Å²) in [6.07, 6.45) is 17.0. The number of carbonyl (C=O) groups is 1. The zero-order valence-corrected chi connectivity index (χ0v) is 27.0. The monoisotopic (exact) mass is 627 g/mol. The minimum atomic E-state index is -1.62. The number of hydrogen-bond donors (Lipinski definition) is 7. The number of nitrogens with one attached hydrogen (secondary N) is 1. The van der Waals surface area contributed by atoms with Gasteiger partial charge in [0.05, 0.1) is 25.4 Å². The normalized spacial score (nSPS) is 24.8. The summed E-state index contributed by atoms with van der Waals surface area (Å²) in [5, 5.41) is 63.8. The summed E-state index contributed by atoms with van der Waals surface area (Å²) in [5.41, 5.74) is 0. The highest BCUT2D eigenvalue weighted by atomic mass is 16.7. The Morgan fingerprint density at radius 1 is 0.773 bits per heavy atom. The summed E-state index contributed by atoms with van der Waals surface area (Å²) in [6, 6.07) is -1.01. The third-order valence-corrected chi connectivity index (χ3v) is 7.80. The summed E-state index contributed by atoms with van der Waals surface area (Å²) in [6.45, 7) is 3.43. The Hall–Kier alpha value is -1.63. The molecular formula is C34H61NO9. The first-order valence-electron chi connectivity index (χ1n) is 16.8. The summed E-state index contributed by atoms with van der Waals surface area (Å²) in [7, 11) is 0. The van der Waals surface area contributed by atoms with Gasteiger partial charge in [-0.25, -0.2) is 0 Å². The maximum Gasteiger partial charge on any atom is 0.249 e. The van der Waals surface area contributed by atoms with Crippen LogP contribution in [0.5, 0.6) is 0 Å². The lowest BCUT2D eigenvalue weighted by molar-refractivity contribution is -0.302. The first-order chi connectivity index (χ1) is 21.3. The third kappa shape index (κ3) is 17.2. The molecule has 0 saturated carbocycles. The Kier molecular flexibility index (Phi) is 23.5. The average molecular weight is 628 g/mol. The predicted molar refractivity (Wildman–Crippen MR) is 172 cm³/mol. The molecule has 10 nitrogen and oxygen atoms in total. The second-order valence-electron chi connectivity index (χ2n) is 11.7. The highest BCUT2D eigenvalue weighted by Crippen LogP contribution is 2.22. The first-order valence-corrected chi connectivity index (χ1v) is 16.8. The van der Waals surface area contributed by atoms with E-state index in [0.717, 1.165) is 25.7 Å². The highest BCUT2D eigenvalue weighted by Gasteiger charge is 2.44. The van der Waals surface area contributed by atoms with E-state index in [1.54, 1.807) is 6.08 Å². The fraction of sp³-hybridized carbons (Fsp3) is 0.794. The van der Waals surface area contributed by atoms with Crippen molar-refractivity contribution in [2.45, 2.75) is 159 Å². The van der Waals surface area contributed by atoms with Crippen LogP contribution in [-0.4, -0.2) is 98.7 Å². The SMILES string of the molecule is CCCCCC/C=C\CCC(O)C(=O)NC(COC1OC(CO)C(O)C(O)C1O)C(O)/C=C/CC/C=C/CCCCCCC. The summed E-state index contributed by atoms with van der Waals surface area (Å²) < 4.78 is 11.0. The van der Waals surface area contributed by atoms with E-state index in [4.69, 9.17) is 9.47 Å². The van der Waals surface area contributed by atoms with Crippen LogP contribution in [0.3, 0.4) is 0 Å². The fourth-order valence-electron chi connectivity index (χ4n) is 4.88. The van der Waals surface area contributed by atoms with Gasteiger partial charge in [-0.1, -0.05) is 95.2 Å². The van der Waals surface area contributed by atoms with Crippen molar-refractivity contribution in [1.29, 1.82) is 0 Å². The van der Waals surface area contributed by atoms with E-state index in [-0.39, 0.29) is 13.0 Å². The summed E-state index contributed by atoms with van der Waals surface area (Å²) in [4.78, 5) is 12.8. The number of rotatable bonds is 25. The van der Waals surface area contributed by atoms with Gasteiger partial charge >= 0.3 is 0 Å². The van der Waals surface area contributed by atoms with Gasteiger partial charge in [0, 0.05) is 0 Å². The molecule has 1 rings (SSSR count). The lowest BCUT2D eigenvalue weighted by Crippen LogP contribution is -2.60. The lowest BCUT2D eigenvalue weighted by atomic mass is 9.99. The van der Waals surface area contributed by atoms with Crippen LogP contribution in [0.2, 0.25) is 0 Å². The number of aliphatic hydroxyl groups excluding tert-OH is 6. The molecule has 1 aliphatic heterocycles. The Morgan fingerprint density at radius 3 is 1.98 bits per heavy atom. The molecule has 0 aromatic carbocycles. The minimum absolute atomic E-state index is 0.217. The maximum absolute atomic E-state index is 12.8. The minimum Gasteiger partial charge on any atom is -0.394 e. The van der Waals surface area contributed by atoms with Gasteiger partial charge in [-0.2, -0.15) is 0 Å². The van der Waals surface area contributed by atoms with Crippen LogP contribution in [0.25, 0.3) is 0 Å². The Balaban J connectivity index is 2.68. The van der Waals surface area contributed by atoms with E-state index in [0.29, 0.717) is 12.8 Å². The van der Waals surface area contributed by atoms with E-state index in [1.807, 2.05) is 12.2 Å². The molecule has 0 bridgehead atoms. The molecule has 8 unspecified atom stereocenters. The van der Waals surface area contributed by atoms with Gasteiger partial charge in [-0.15, -0.1) is 0 Å². The van der Waals surface area contributed by atoms with Gasteiger partial charge in [0.2, 0.25) is 5.91 Å². The van der Waals surface area contributed by atoms with Crippen LogP contribution in [0, 0.1) is 0 Å². The number of amides is 1. The molecule has 1 saturated heterocycles. The van der Waals surface area contributed by atoms with Gasteiger partial charge < -0.3 is 45.4 Å². The van der Waals surface area contributed by atoms with Crippen molar-refractivity contribution in [3.8, 4) is 0 Å². The van der Waals surface area contributed by atoms with Crippen LogP contribution in [-0.2, 0) is 14.3 Å². The standard InChI is InChI=1S/C34H61NO9/c1-3-5-7-9-11-13-14-15-17-18-20-22-27(37)26(25-43-34-32(41)31(40)30(39)29(24-36)44-34)35-33(42)28(38)23-21-19-16-12-10-8-6-4-2/h14-16,19-20,22,26-32,34,36-41H,3-13,17-18,21,23-25H2,1-2H3,(H,35,42)/b15-14+,19-16-,22-20+. The molecule has 44 heavy (non-hydrogen) atoms. The van der Waals surface area contributed by atoms with Crippen molar-refractivity contribution < 1.29 is 44.9 Å². The maximum atomic E-state index is 12.8. The van der Waals surface area contributed by atoms with E-state index >= 15 is 0 Å². The van der Waals surface area contributed by atoms with Crippen molar-refractivity contribution in [1.82, 2.24) is 5.32 Å². The van der Waals surface area contributed by atoms with Crippen LogP contribution >= 0.6 is 0 Å². The molecule has 10 heteroatoms. The highest BCUT2D eigenvalue weighted by molar-refractivity contribution is 5.80. The largest absolute Gasteiger partial charge is 0.394 e. The van der Waals surface area contributed by atoms with Crippen molar-refractivity contribution in [2.75, 3.05) is 13.2 Å². The van der Waals surface area contributed by atoms with Crippen LogP contribution in [0.1, 0.15) is 110 Å². The van der Waals surface area contributed by atoms with Crippen molar-refractivity contribution in [3.05, 3.63) is 36.5 Å². The van der Waals surface area contributed by atoms with Gasteiger partial charge in [-0.3, -0.25) is 4.79 Å². The third-order valence-electron chi connectivity index (χ3n) is 7.80. The zero-order chi connectivity index (χ0) is 32.6. The molecule has 0 aliphatic carbocycles. The lowest BCUT2D eigenvalue weighted by Gasteiger charge is -2.40. The van der Waals surface area contributed by atoms with E-state index in [1.165, 1.54) is 51.4 Å². The molecule has 8 atom stereocenters. The molecule has 256 valence electrons. The van der Waals surface area contributed by atoms with E-state index in [2.05, 4.69) is 37.4 Å². The van der Waals surface area contributed by atoms with Crippen LogP contribution < -0.4 is 5.32 Å². The van der Waals surface area contributed by atoms with Crippen LogP contribution in [0.15, 0.2) is 36.5 Å². The molecule has 1 heterocycles. The van der Waals surface area contributed by atoms with Crippen LogP contribution in [0.4, 0.5) is 0 Å². The summed E-state index contributed by atoms with van der Waals surface area (Å²) in [5.74, 6) is -0.668. The van der Waals surface area contributed by atoms with Gasteiger partial charge in [-0.05, 0) is 51.4 Å². The van der Waals surface area contributed by atoms with Gasteiger partial charge in [0.1, 0.15) is 30.5 Å². The molecular weight excluding hydrogens is 566 g/mol. The molecule has 1 aliphatic rings. The number of ether oxygens (including phenoxy) is 2. The number of carbonyl (C=O) groups excluding carboxylic acids is 1. The second kappa shape index (κ2) is 25.5. The first kappa shape index (κ1) is 40.4. The van der Waals surface area contributed by atoms with Crippen molar-refractivity contribution in [3.63, 3.8) is 0 Å². The molecule has 0 radical (unpaired) electrons. The zero-order valence-electron chi connectivity index (χ0n) is 27.0. The number of aliphatic hydroxyl groups is 6. The smallest absolute Gasteiger partial charge is 0.249 e. The topological polar surface area (TPSA) is 169 Å². The average Bonchev–Trinajstić information content (AvgIpc) is 3.02. The molecule has 1 fully saturated rings. The van der Waals surface area contributed by atoms with Crippen molar-refractivity contribution >= 4 is 5.91 Å². The predicted octanol–water partition coefficient (Wildman–Crippen LogP) is 3.57. The summed E-state index contributed by atoms with van der Waals surface area (Å²) >= 11 is 0. The Morgan fingerprint density at radius 2 is 1.34 bits per heavy atom. The van der Waals surface area contributed by atoms with E-state index < -0.39 is 61.5 Å². The van der Waals surface area contributed by atoms with E-state index in [9.17, 15) is 35.4 Å². The van der Waals surface area contributed by atoms with Gasteiger partial charge in [0.25, 0.3) is 0 Å². The fourth-order valence-corrected chi connectivity index (χ4v) is 4.88. The Labute approximate surface area is 264 Å². The molecule has 0 aromatic rings. The Bertz CT molecular complexity index is 804. The number of unbranched alkanes of at least 4 members (excludes halogenated alkanes) is 10. The van der Waals surface area contributed by atoms with Crippen molar-refractivity contribution in [2.24, 2.45) is 0 Å². The molecule has 0 aromatic heterocycles.